The third-order valence-corrected chi connectivity index (χ3v) is 6.83. The third-order valence-electron chi connectivity index (χ3n) is 4.41. The van der Waals surface area contributed by atoms with Gasteiger partial charge in [-0.3, -0.25) is 0 Å². The van der Waals surface area contributed by atoms with E-state index in [1.165, 1.54) is 4.31 Å². The fourth-order valence-corrected chi connectivity index (χ4v) is 5.11. The van der Waals surface area contributed by atoms with E-state index in [4.69, 9.17) is 16.3 Å². The van der Waals surface area contributed by atoms with Crippen LogP contribution in [0.2, 0.25) is 5.02 Å². The second kappa shape index (κ2) is 7.50. The van der Waals surface area contributed by atoms with Gasteiger partial charge in [0.1, 0.15) is 6.10 Å². The molecule has 0 aliphatic carbocycles. The van der Waals surface area contributed by atoms with Gasteiger partial charge in [-0.2, -0.15) is 4.31 Å². The largest absolute Gasteiger partial charge is 0.459 e. The Bertz CT molecular complexity index is 898. The van der Waals surface area contributed by atoms with Crippen LogP contribution in [0.25, 0.3) is 0 Å². The van der Waals surface area contributed by atoms with Crippen LogP contribution >= 0.6 is 11.6 Å². The first-order valence-corrected chi connectivity index (χ1v) is 10.3. The Morgan fingerprint density at radius 1 is 1.19 bits per heavy atom. The maximum Gasteiger partial charge on any atom is 0.317 e. The molecule has 2 aromatic rings. The summed E-state index contributed by atoms with van der Waals surface area (Å²) in [4.78, 5) is 8.80. The van der Waals surface area contributed by atoms with Crippen LogP contribution < -0.4 is 4.74 Å². The van der Waals surface area contributed by atoms with Crippen molar-refractivity contribution in [3.8, 4) is 6.01 Å². The molecular formula is C18H22ClN3O3S. The summed E-state index contributed by atoms with van der Waals surface area (Å²) in [5.74, 6) is 0. The Hall–Kier alpha value is -1.70. The van der Waals surface area contributed by atoms with Crippen molar-refractivity contribution in [2.24, 2.45) is 0 Å². The van der Waals surface area contributed by atoms with Crippen molar-refractivity contribution in [1.82, 2.24) is 14.3 Å². The number of nitrogens with zero attached hydrogens (tertiary/aromatic N) is 3. The van der Waals surface area contributed by atoms with Gasteiger partial charge in [0.15, 0.2) is 0 Å². The SMILES string of the molecule is Cc1cc(C)nc(O[C@H]2CCCN(S(=O)(=O)c3cccc(Cl)c3C)C2)n1. The van der Waals surface area contributed by atoms with Gasteiger partial charge in [-0.15, -0.1) is 0 Å². The highest BCUT2D eigenvalue weighted by molar-refractivity contribution is 7.89. The first-order valence-electron chi connectivity index (χ1n) is 8.51. The van der Waals surface area contributed by atoms with Crippen LogP contribution in [0.3, 0.4) is 0 Å². The van der Waals surface area contributed by atoms with E-state index in [1.807, 2.05) is 19.9 Å². The van der Waals surface area contributed by atoms with Gasteiger partial charge in [0.2, 0.25) is 10.0 Å². The molecule has 0 bridgehead atoms. The second-order valence-corrected chi connectivity index (χ2v) is 8.85. The monoisotopic (exact) mass is 395 g/mol. The minimum atomic E-state index is -3.63. The Balaban J connectivity index is 1.80. The van der Waals surface area contributed by atoms with Crippen molar-refractivity contribution in [2.45, 2.75) is 44.6 Å². The maximum absolute atomic E-state index is 13.0. The molecule has 0 amide bonds. The van der Waals surface area contributed by atoms with E-state index in [0.29, 0.717) is 29.6 Å². The molecule has 8 heteroatoms. The fraction of sp³-hybridized carbons (Fsp3) is 0.444. The van der Waals surface area contributed by atoms with Crippen LogP contribution in [-0.4, -0.2) is 41.9 Å². The van der Waals surface area contributed by atoms with Gasteiger partial charge in [0, 0.05) is 23.0 Å². The van der Waals surface area contributed by atoms with Crippen molar-refractivity contribution < 1.29 is 13.2 Å². The summed E-state index contributed by atoms with van der Waals surface area (Å²) in [5.41, 5.74) is 2.21. The molecule has 1 aromatic carbocycles. The van der Waals surface area contributed by atoms with E-state index in [0.717, 1.165) is 17.8 Å². The highest BCUT2D eigenvalue weighted by atomic mass is 35.5. The zero-order valence-corrected chi connectivity index (χ0v) is 16.6. The topological polar surface area (TPSA) is 72.4 Å². The molecule has 26 heavy (non-hydrogen) atoms. The lowest BCUT2D eigenvalue weighted by Gasteiger charge is -2.32. The first-order chi connectivity index (χ1) is 12.3. The van der Waals surface area contributed by atoms with Crippen molar-refractivity contribution >= 4 is 21.6 Å². The number of hydrogen-bond acceptors (Lipinski definition) is 5. The van der Waals surface area contributed by atoms with Crippen LogP contribution in [0.15, 0.2) is 29.2 Å². The molecule has 1 atom stereocenters. The molecule has 3 rings (SSSR count). The van der Waals surface area contributed by atoms with E-state index < -0.39 is 10.0 Å². The number of aromatic nitrogens is 2. The predicted octanol–water partition coefficient (Wildman–Crippen LogP) is 3.29. The summed E-state index contributed by atoms with van der Waals surface area (Å²) in [6.45, 7) is 6.20. The normalized spacial score (nSPS) is 18.7. The molecule has 1 aliphatic heterocycles. The summed E-state index contributed by atoms with van der Waals surface area (Å²) in [7, 11) is -3.63. The summed E-state index contributed by atoms with van der Waals surface area (Å²) in [6.07, 6.45) is 1.20. The zero-order chi connectivity index (χ0) is 18.9. The van der Waals surface area contributed by atoms with Crippen molar-refractivity contribution in [3.05, 3.63) is 46.2 Å². The standard InChI is InChI=1S/C18H22ClN3O3S/c1-12-10-13(2)21-18(20-12)25-15-6-5-9-22(11-15)26(23,24)17-8-4-7-16(19)14(17)3/h4,7-8,10,15H,5-6,9,11H2,1-3H3/t15-/m0/s1. The third kappa shape index (κ3) is 4.00. The van der Waals surface area contributed by atoms with E-state index in [-0.39, 0.29) is 17.5 Å². The zero-order valence-electron chi connectivity index (χ0n) is 15.1. The molecule has 1 aliphatic rings. The summed E-state index contributed by atoms with van der Waals surface area (Å²) < 4.78 is 33.4. The molecule has 0 N–H and O–H groups in total. The Morgan fingerprint density at radius 3 is 2.58 bits per heavy atom. The minimum Gasteiger partial charge on any atom is -0.459 e. The summed E-state index contributed by atoms with van der Waals surface area (Å²) in [5, 5.41) is 0.444. The molecule has 140 valence electrons. The highest BCUT2D eigenvalue weighted by Crippen LogP contribution is 2.28. The van der Waals surface area contributed by atoms with Crippen molar-refractivity contribution in [1.29, 1.82) is 0 Å². The first kappa shape index (κ1) is 19.1. The molecule has 0 radical (unpaired) electrons. The fourth-order valence-electron chi connectivity index (χ4n) is 3.12. The molecule has 1 fully saturated rings. The highest BCUT2D eigenvalue weighted by Gasteiger charge is 2.32. The number of ether oxygens (including phenoxy) is 1. The van der Waals surface area contributed by atoms with E-state index in [9.17, 15) is 8.42 Å². The lowest BCUT2D eigenvalue weighted by molar-refractivity contribution is 0.118. The Labute approximate surface area is 159 Å². The van der Waals surface area contributed by atoms with Crippen LogP contribution in [0.1, 0.15) is 29.8 Å². The molecule has 2 heterocycles. The van der Waals surface area contributed by atoms with Gasteiger partial charge in [-0.25, -0.2) is 18.4 Å². The van der Waals surface area contributed by atoms with Gasteiger partial charge in [-0.05, 0) is 57.4 Å². The number of aryl methyl sites for hydroxylation is 2. The van der Waals surface area contributed by atoms with Crippen molar-refractivity contribution in [2.75, 3.05) is 13.1 Å². The van der Waals surface area contributed by atoms with Gasteiger partial charge < -0.3 is 4.74 Å². The number of halogens is 1. The molecule has 6 nitrogen and oxygen atoms in total. The quantitative estimate of drug-likeness (QED) is 0.794. The van der Waals surface area contributed by atoms with Crippen LogP contribution in [0, 0.1) is 20.8 Å². The van der Waals surface area contributed by atoms with Crippen molar-refractivity contribution in [3.63, 3.8) is 0 Å². The van der Waals surface area contributed by atoms with Gasteiger partial charge in [0.05, 0.1) is 11.4 Å². The average molecular weight is 396 g/mol. The van der Waals surface area contributed by atoms with Gasteiger partial charge >= 0.3 is 6.01 Å². The second-order valence-electron chi connectivity index (χ2n) is 6.54. The van der Waals surface area contributed by atoms with E-state index in [1.54, 1.807) is 25.1 Å². The molecule has 0 spiro atoms. The number of rotatable bonds is 4. The molecule has 0 saturated carbocycles. The lowest BCUT2D eigenvalue weighted by atomic mass is 10.1. The average Bonchev–Trinajstić information content (AvgIpc) is 2.56. The Morgan fingerprint density at radius 2 is 1.88 bits per heavy atom. The number of benzene rings is 1. The number of sulfonamides is 1. The molecule has 1 saturated heterocycles. The number of piperidine rings is 1. The van der Waals surface area contributed by atoms with Crippen LogP contribution in [0.4, 0.5) is 0 Å². The number of hydrogen-bond donors (Lipinski definition) is 0. The maximum atomic E-state index is 13.0. The minimum absolute atomic E-state index is 0.244. The van der Waals surface area contributed by atoms with E-state index >= 15 is 0 Å². The van der Waals surface area contributed by atoms with Crippen LogP contribution in [-0.2, 0) is 10.0 Å². The van der Waals surface area contributed by atoms with Crippen LogP contribution in [0.5, 0.6) is 6.01 Å². The molecule has 0 unspecified atom stereocenters. The Kier molecular flexibility index (Phi) is 5.50. The lowest BCUT2D eigenvalue weighted by Crippen LogP contribution is -2.44. The van der Waals surface area contributed by atoms with Gasteiger partial charge in [0.25, 0.3) is 0 Å². The predicted molar refractivity (Wildman–Crippen MR) is 100 cm³/mol. The molecular weight excluding hydrogens is 374 g/mol. The molecule has 1 aromatic heterocycles. The smallest absolute Gasteiger partial charge is 0.317 e. The van der Waals surface area contributed by atoms with Gasteiger partial charge in [-0.1, -0.05) is 17.7 Å². The summed E-state index contributed by atoms with van der Waals surface area (Å²) in [6, 6.07) is 7.10. The van der Waals surface area contributed by atoms with E-state index in [2.05, 4.69) is 9.97 Å². The summed E-state index contributed by atoms with van der Waals surface area (Å²) >= 11 is 6.10.